The lowest BCUT2D eigenvalue weighted by Crippen LogP contribution is -2.42. The van der Waals surface area contributed by atoms with E-state index in [1.807, 2.05) is 48.5 Å². The number of benzene rings is 2. The van der Waals surface area contributed by atoms with Crippen molar-refractivity contribution in [3.8, 4) is 5.75 Å². The Morgan fingerprint density at radius 2 is 1.90 bits per heavy atom. The molecule has 0 radical (unpaired) electrons. The first-order valence-corrected chi connectivity index (χ1v) is 10.9. The van der Waals surface area contributed by atoms with Crippen LogP contribution in [0.3, 0.4) is 0 Å². The van der Waals surface area contributed by atoms with Crippen LogP contribution in [0.25, 0.3) is 6.08 Å². The molecule has 0 atom stereocenters. The predicted octanol–water partition coefficient (Wildman–Crippen LogP) is 4.23. The van der Waals surface area contributed by atoms with E-state index in [4.69, 9.17) is 16.3 Å². The molecule has 1 saturated heterocycles. The number of ether oxygens (including phenoxy) is 1. The lowest BCUT2D eigenvalue weighted by atomic mass is 9.95. The summed E-state index contributed by atoms with van der Waals surface area (Å²) in [7, 11) is 0. The van der Waals surface area contributed by atoms with Gasteiger partial charge in [0.2, 0.25) is 11.8 Å². The molecule has 2 aromatic carbocycles. The Kier molecular flexibility index (Phi) is 6.73. The summed E-state index contributed by atoms with van der Waals surface area (Å²) in [6.45, 7) is 2.12. The summed E-state index contributed by atoms with van der Waals surface area (Å²) in [4.78, 5) is 26.8. The zero-order valence-electron chi connectivity index (χ0n) is 17.2. The van der Waals surface area contributed by atoms with E-state index >= 15 is 0 Å². The number of halogens is 1. The fraction of sp³-hybridized carbons (Fsp3) is 0.280. The van der Waals surface area contributed by atoms with Crippen molar-refractivity contribution in [3.05, 3.63) is 82.4 Å². The summed E-state index contributed by atoms with van der Waals surface area (Å²) in [6.07, 6.45) is 6.72. The van der Waals surface area contributed by atoms with E-state index < -0.39 is 0 Å². The van der Waals surface area contributed by atoms with Crippen LogP contribution in [0.15, 0.2) is 66.3 Å². The lowest BCUT2D eigenvalue weighted by Gasteiger charge is -2.30. The number of carbonyl (C=O) groups excluding carboxylic acids is 2. The van der Waals surface area contributed by atoms with Crippen molar-refractivity contribution in [1.29, 1.82) is 0 Å². The maximum absolute atomic E-state index is 12.6. The van der Waals surface area contributed by atoms with Crippen LogP contribution in [0.5, 0.6) is 5.75 Å². The molecule has 0 aliphatic carbocycles. The number of fused-ring (bicyclic) bond motifs is 1. The van der Waals surface area contributed by atoms with Crippen molar-refractivity contribution in [2.75, 3.05) is 19.7 Å². The van der Waals surface area contributed by atoms with Gasteiger partial charge in [0.15, 0.2) is 0 Å². The molecule has 2 aliphatic rings. The van der Waals surface area contributed by atoms with Crippen molar-refractivity contribution in [3.63, 3.8) is 0 Å². The molecule has 0 saturated carbocycles. The van der Waals surface area contributed by atoms with E-state index in [9.17, 15) is 9.59 Å². The molecule has 1 fully saturated rings. The second-order valence-electron chi connectivity index (χ2n) is 7.83. The van der Waals surface area contributed by atoms with Gasteiger partial charge < -0.3 is 15.0 Å². The van der Waals surface area contributed by atoms with Gasteiger partial charge >= 0.3 is 0 Å². The van der Waals surface area contributed by atoms with Gasteiger partial charge in [-0.1, -0.05) is 48.0 Å². The number of rotatable bonds is 5. The normalized spacial score (nSPS) is 16.4. The number of carbonyl (C=O) groups is 2. The highest BCUT2D eigenvalue weighted by Gasteiger charge is 2.26. The fourth-order valence-corrected chi connectivity index (χ4v) is 4.02. The van der Waals surface area contributed by atoms with Gasteiger partial charge in [-0.25, -0.2) is 0 Å². The molecule has 4 rings (SSSR count). The van der Waals surface area contributed by atoms with Gasteiger partial charge in [0, 0.05) is 42.2 Å². The van der Waals surface area contributed by atoms with E-state index in [2.05, 4.69) is 5.32 Å². The van der Waals surface area contributed by atoms with Crippen molar-refractivity contribution < 1.29 is 14.3 Å². The van der Waals surface area contributed by atoms with Crippen LogP contribution in [-0.2, 0) is 16.1 Å². The van der Waals surface area contributed by atoms with E-state index in [-0.39, 0.29) is 17.7 Å². The number of hydrogen-bond donors (Lipinski definition) is 1. The average molecular weight is 437 g/mol. The van der Waals surface area contributed by atoms with Crippen molar-refractivity contribution >= 4 is 29.5 Å². The summed E-state index contributed by atoms with van der Waals surface area (Å²) in [5, 5.41) is 3.65. The SMILES string of the molecule is O=C(NCc1ccccc1)C1CCN(C(=O)/C=C/C2=Cc3cc(Cl)ccc3OC2)CC1. The second-order valence-corrected chi connectivity index (χ2v) is 8.26. The molecule has 5 nitrogen and oxygen atoms in total. The van der Waals surface area contributed by atoms with E-state index in [1.165, 1.54) is 0 Å². The van der Waals surface area contributed by atoms with Gasteiger partial charge in [-0.05, 0) is 48.3 Å². The molecule has 0 aromatic heterocycles. The number of hydrogen-bond acceptors (Lipinski definition) is 3. The van der Waals surface area contributed by atoms with Crippen LogP contribution >= 0.6 is 11.6 Å². The third kappa shape index (κ3) is 5.56. The Morgan fingerprint density at radius 1 is 1.13 bits per heavy atom. The first-order valence-electron chi connectivity index (χ1n) is 10.5. The summed E-state index contributed by atoms with van der Waals surface area (Å²) in [5.74, 6) is 0.766. The minimum atomic E-state index is -0.0487. The molecule has 6 heteroatoms. The van der Waals surface area contributed by atoms with Crippen molar-refractivity contribution in [2.24, 2.45) is 5.92 Å². The third-order valence-electron chi connectivity index (χ3n) is 5.63. The highest BCUT2D eigenvalue weighted by Crippen LogP contribution is 2.29. The Bertz CT molecular complexity index is 1010. The smallest absolute Gasteiger partial charge is 0.246 e. The van der Waals surface area contributed by atoms with Crippen LogP contribution in [0.1, 0.15) is 24.0 Å². The molecule has 160 valence electrons. The molecule has 1 N–H and O–H groups in total. The first-order chi connectivity index (χ1) is 15.1. The van der Waals surface area contributed by atoms with E-state index in [0.717, 1.165) is 22.4 Å². The molecule has 2 amide bonds. The summed E-state index contributed by atoms with van der Waals surface area (Å²) in [6, 6.07) is 15.4. The van der Waals surface area contributed by atoms with E-state index in [1.54, 1.807) is 23.1 Å². The highest BCUT2D eigenvalue weighted by atomic mass is 35.5. The Balaban J connectivity index is 1.26. The third-order valence-corrected chi connectivity index (χ3v) is 5.87. The lowest BCUT2D eigenvalue weighted by molar-refractivity contribution is -0.132. The molecule has 2 aliphatic heterocycles. The molecule has 2 heterocycles. The standard InChI is InChI=1S/C25H25ClN2O3/c26-22-7-8-23-21(15-22)14-19(17-31-23)6-9-24(29)28-12-10-20(11-13-28)25(30)27-16-18-4-2-1-3-5-18/h1-9,14-15,20H,10-13,16-17H2,(H,27,30)/b9-6+. The largest absolute Gasteiger partial charge is 0.488 e. The molecule has 0 spiro atoms. The number of likely N-dealkylation sites (tertiary alicyclic amines) is 1. The van der Waals surface area contributed by atoms with Crippen molar-refractivity contribution in [2.45, 2.75) is 19.4 Å². The van der Waals surface area contributed by atoms with Crippen LogP contribution in [0.4, 0.5) is 0 Å². The second kappa shape index (κ2) is 9.84. The van der Waals surface area contributed by atoms with Gasteiger partial charge in [-0.15, -0.1) is 0 Å². The van der Waals surface area contributed by atoms with Crippen molar-refractivity contribution in [1.82, 2.24) is 10.2 Å². The minimum absolute atomic E-state index is 0.0408. The zero-order valence-corrected chi connectivity index (χ0v) is 18.0. The molecule has 31 heavy (non-hydrogen) atoms. The quantitative estimate of drug-likeness (QED) is 0.713. The van der Waals surface area contributed by atoms with Crippen LogP contribution in [0.2, 0.25) is 5.02 Å². The molecule has 2 aromatic rings. The van der Waals surface area contributed by atoms with Gasteiger partial charge in [-0.3, -0.25) is 9.59 Å². The highest BCUT2D eigenvalue weighted by molar-refractivity contribution is 6.30. The molecule has 0 unspecified atom stereocenters. The predicted molar refractivity (Wildman–Crippen MR) is 122 cm³/mol. The fourth-order valence-electron chi connectivity index (χ4n) is 3.84. The van der Waals surface area contributed by atoms with Gasteiger partial charge in [0.25, 0.3) is 0 Å². The Morgan fingerprint density at radius 3 is 2.68 bits per heavy atom. The van der Waals surface area contributed by atoms with Crippen LogP contribution in [-0.4, -0.2) is 36.4 Å². The maximum atomic E-state index is 12.6. The zero-order chi connectivity index (χ0) is 21.6. The number of amides is 2. The first kappa shape index (κ1) is 21.2. The minimum Gasteiger partial charge on any atom is -0.488 e. The summed E-state index contributed by atoms with van der Waals surface area (Å²) >= 11 is 6.05. The monoisotopic (exact) mass is 436 g/mol. The van der Waals surface area contributed by atoms with Gasteiger partial charge in [0.05, 0.1) is 0 Å². The number of nitrogens with zero attached hydrogens (tertiary/aromatic N) is 1. The topological polar surface area (TPSA) is 58.6 Å². The van der Waals surface area contributed by atoms with Crippen LogP contribution in [0, 0.1) is 5.92 Å². The number of piperidine rings is 1. The Hall–Kier alpha value is -3.05. The molecular formula is C25H25ClN2O3. The molecule has 0 bridgehead atoms. The number of nitrogens with one attached hydrogen (secondary N) is 1. The van der Waals surface area contributed by atoms with Gasteiger partial charge in [0.1, 0.15) is 12.4 Å². The Labute approximate surface area is 187 Å². The van der Waals surface area contributed by atoms with E-state index in [0.29, 0.717) is 44.1 Å². The molecular weight excluding hydrogens is 412 g/mol. The summed E-state index contributed by atoms with van der Waals surface area (Å²) in [5.41, 5.74) is 2.91. The van der Waals surface area contributed by atoms with Crippen LogP contribution < -0.4 is 10.1 Å². The average Bonchev–Trinajstić information content (AvgIpc) is 2.81. The van der Waals surface area contributed by atoms with Gasteiger partial charge in [-0.2, -0.15) is 0 Å². The maximum Gasteiger partial charge on any atom is 0.246 e. The summed E-state index contributed by atoms with van der Waals surface area (Å²) < 4.78 is 5.72.